The quantitative estimate of drug-likeness (QED) is 0.551. The second-order valence-corrected chi connectivity index (χ2v) is 9.72. The molecule has 0 saturated carbocycles. The third-order valence-electron chi connectivity index (χ3n) is 5.39. The van der Waals surface area contributed by atoms with Gasteiger partial charge in [-0.1, -0.05) is 6.07 Å². The fourth-order valence-corrected chi connectivity index (χ4v) is 5.00. The van der Waals surface area contributed by atoms with Crippen molar-refractivity contribution in [2.24, 2.45) is 0 Å². The van der Waals surface area contributed by atoms with E-state index in [4.69, 9.17) is 12.2 Å². The third kappa shape index (κ3) is 4.28. The van der Waals surface area contributed by atoms with Crippen LogP contribution in [0.25, 0.3) is 0 Å². The lowest BCUT2D eigenvalue weighted by molar-refractivity contribution is 0.529. The van der Waals surface area contributed by atoms with Crippen LogP contribution < -0.4 is 14.9 Å². The van der Waals surface area contributed by atoms with Gasteiger partial charge >= 0.3 is 0 Å². The minimum Gasteiger partial charge on any atom is -0.351 e. The average Bonchev–Trinajstić information content (AvgIpc) is 3.33. The number of hydrogen-bond acceptors (Lipinski definition) is 4. The van der Waals surface area contributed by atoms with Gasteiger partial charge in [-0.15, -0.1) is 0 Å². The fourth-order valence-electron chi connectivity index (χ4n) is 4.03. The smallest absolute Gasteiger partial charge is 0.229 e. The average molecular weight is 456 g/mol. The molecule has 31 heavy (non-hydrogen) atoms. The van der Waals surface area contributed by atoms with Crippen molar-refractivity contribution in [3.05, 3.63) is 77.9 Å². The number of nitrogens with one attached hydrogen (secondary N) is 2. The number of benzene rings is 1. The van der Waals surface area contributed by atoms with Gasteiger partial charge in [0.25, 0.3) is 0 Å². The lowest BCUT2D eigenvalue weighted by atomic mass is 10.0. The maximum atomic E-state index is 11.7. The van der Waals surface area contributed by atoms with Crippen LogP contribution in [-0.2, 0) is 16.6 Å². The zero-order valence-electron chi connectivity index (χ0n) is 17.6. The van der Waals surface area contributed by atoms with Crippen LogP contribution in [0, 0.1) is 6.92 Å². The Bertz CT molecular complexity index is 1210. The molecule has 1 fully saturated rings. The van der Waals surface area contributed by atoms with E-state index in [1.165, 1.54) is 0 Å². The summed E-state index contributed by atoms with van der Waals surface area (Å²) in [6.45, 7) is 4.83. The first-order valence-electron chi connectivity index (χ1n) is 10.0. The van der Waals surface area contributed by atoms with Crippen molar-refractivity contribution in [2.45, 2.75) is 32.5 Å². The second kappa shape index (κ2) is 8.32. The molecule has 0 radical (unpaired) electrons. The first-order chi connectivity index (χ1) is 14.8. The summed E-state index contributed by atoms with van der Waals surface area (Å²) in [5, 5.41) is 4.06. The summed E-state index contributed by atoms with van der Waals surface area (Å²) in [6, 6.07) is 15.4. The lowest BCUT2D eigenvalue weighted by Crippen LogP contribution is -2.30. The predicted molar refractivity (Wildman–Crippen MR) is 128 cm³/mol. The molecule has 0 aliphatic carbocycles. The Morgan fingerprint density at radius 3 is 2.65 bits per heavy atom. The Kier molecular flexibility index (Phi) is 5.72. The van der Waals surface area contributed by atoms with Crippen molar-refractivity contribution >= 4 is 38.7 Å². The Morgan fingerprint density at radius 1 is 1.19 bits per heavy atom. The van der Waals surface area contributed by atoms with Crippen molar-refractivity contribution < 1.29 is 8.42 Å². The molecule has 0 unspecified atom stereocenters. The summed E-state index contributed by atoms with van der Waals surface area (Å²) in [4.78, 5) is 6.67. The van der Waals surface area contributed by atoms with E-state index in [-0.39, 0.29) is 12.1 Å². The molecule has 2 atom stereocenters. The van der Waals surface area contributed by atoms with E-state index in [2.05, 4.69) is 43.7 Å². The Hall–Kier alpha value is -2.91. The number of aryl methyl sites for hydroxylation is 2. The Balaban J connectivity index is 1.80. The zero-order valence-corrected chi connectivity index (χ0v) is 19.2. The van der Waals surface area contributed by atoms with E-state index >= 15 is 0 Å². The summed E-state index contributed by atoms with van der Waals surface area (Å²) in [5.41, 5.74) is 4.30. The van der Waals surface area contributed by atoms with Crippen molar-refractivity contribution in [1.29, 1.82) is 0 Å². The van der Waals surface area contributed by atoms with Crippen molar-refractivity contribution in [3.63, 3.8) is 0 Å². The van der Waals surface area contributed by atoms with Gasteiger partial charge in [-0.3, -0.25) is 9.71 Å². The number of nitrogens with zero attached hydrogens (tertiary/aromatic N) is 3. The number of aromatic nitrogens is 2. The van der Waals surface area contributed by atoms with E-state index in [0.29, 0.717) is 10.8 Å². The van der Waals surface area contributed by atoms with Gasteiger partial charge in [0.2, 0.25) is 10.0 Å². The van der Waals surface area contributed by atoms with E-state index in [1.807, 2.05) is 43.3 Å². The van der Waals surface area contributed by atoms with Gasteiger partial charge in [0.1, 0.15) is 6.04 Å². The van der Waals surface area contributed by atoms with Gasteiger partial charge in [0.15, 0.2) is 5.11 Å². The molecule has 9 heteroatoms. The molecule has 0 amide bonds. The second-order valence-electron chi connectivity index (χ2n) is 7.59. The predicted octanol–water partition coefficient (Wildman–Crippen LogP) is 3.76. The summed E-state index contributed by atoms with van der Waals surface area (Å²) in [6.07, 6.45) is 5.00. The van der Waals surface area contributed by atoms with Crippen LogP contribution in [0.2, 0.25) is 0 Å². The maximum absolute atomic E-state index is 11.7. The van der Waals surface area contributed by atoms with Gasteiger partial charge in [0, 0.05) is 30.3 Å². The normalized spacial score (nSPS) is 18.8. The highest BCUT2D eigenvalue weighted by molar-refractivity contribution is 7.92. The Morgan fingerprint density at radius 2 is 2.00 bits per heavy atom. The van der Waals surface area contributed by atoms with Crippen LogP contribution in [0.5, 0.6) is 0 Å². The number of hydrogen-bond donors (Lipinski definition) is 2. The van der Waals surface area contributed by atoms with Crippen LogP contribution in [0.15, 0.2) is 60.9 Å². The molecule has 4 rings (SSSR count). The molecule has 1 aromatic carbocycles. The first-order valence-corrected chi connectivity index (χ1v) is 12.3. The van der Waals surface area contributed by atoms with Gasteiger partial charge < -0.3 is 14.8 Å². The molecule has 1 aliphatic heterocycles. The summed E-state index contributed by atoms with van der Waals surface area (Å²) < 4.78 is 28.1. The highest BCUT2D eigenvalue weighted by atomic mass is 32.2. The molecular weight excluding hydrogens is 430 g/mol. The van der Waals surface area contributed by atoms with Crippen LogP contribution in [-0.4, -0.2) is 29.3 Å². The van der Waals surface area contributed by atoms with Crippen LogP contribution in [0.1, 0.15) is 36.0 Å². The fraction of sp³-hybridized carbons (Fsp3) is 0.273. The van der Waals surface area contributed by atoms with E-state index < -0.39 is 10.0 Å². The van der Waals surface area contributed by atoms with Crippen molar-refractivity contribution in [1.82, 2.24) is 14.9 Å². The molecule has 162 valence electrons. The monoisotopic (exact) mass is 455 g/mol. The number of sulfonamides is 1. The van der Waals surface area contributed by atoms with Crippen LogP contribution in [0.4, 0.5) is 11.4 Å². The summed E-state index contributed by atoms with van der Waals surface area (Å²) in [5.74, 6) is 0. The summed E-state index contributed by atoms with van der Waals surface area (Å²) in [7, 11) is -3.36. The molecule has 0 bridgehead atoms. The van der Waals surface area contributed by atoms with Gasteiger partial charge in [-0.2, -0.15) is 0 Å². The molecule has 2 N–H and O–H groups in total. The van der Waals surface area contributed by atoms with Gasteiger partial charge in [0.05, 0.1) is 23.7 Å². The SMILES string of the molecule is CCn1cccc1[C@H]1[C@H](c2ccccn2)NC(=S)N1c1ccc(NS(C)(=O)=O)c(C)c1. The first kappa shape index (κ1) is 21.3. The zero-order chi connectivity index (χ0) is 22.2. The van der Waals surface area contributed by atoms with Gasteiger partial charge in [-0.25, -0.2) is 8.42 Å². The largest absolute Gasteiger partial charge is 0.351 e. The molecular formula is C22H25N5O2S2. The number of rotatable bonds is 6. The number of pyridine rings is 1. The molecule has 3 heterocycles. The summed E-state index contributed by atoms with van der Waals surface area (Å²) >= 11 is 5.76. The van der Waals surface area contributed by atoms with Crippen molar-refractivity contribution in [2.75, 3.05) is 15.9 Å². The molecule has 2 aromatic heterocycles. The van der Waals surface area contributed by atoms with Crippen LogP contribution >= 0.6 is 12.2 Å². The third-order valence-corrected chi connectivity index (χ3v) is 6.30. The van der Waals surface area contributed by atoms with E-state index in [9.17, 15) is 8.42 Å². The highest BCUT2D eigenvalue weighted by Crippen LogP contribution is 2.42. The Labute approximate surface area is 188 Å². The maximum Gasteiger partial charge on any atom is 0.229 e. The van der Waals surface area contributed by atoms with Crippen molar-refractivity contribution in [3.8, 4) is 0 Å². The standard InChI is InChI=1S/C22H25N5O2S2/c1-4-26-13-7-9-19(26)21-20(18-8-5-6-12-23-18)24-22(30)27(21)16-10-11-17(15(2)14-16)25-31(3,28)29/h5-14,20-21,25H,4H2,1-3H3,(H,24,30)/t20-,21-/m0/s1. The molecule has 1 saturated heterocycles. The topological polar surface area (TPSA) is 79.3 Å². The highest BCUT2D eigenvalue weighted by Gasteiger charge is 2.42. The molecule has 1 aliphatic rings. The minimum atomic E-state index is -3.36. The lowest BCUT2D eigenvalue weighted by Gasteiger charge is -2.29. The molecule has 7 nitrogen and oxygen atoms in total. The number of anilines is 2. The minimum absolute atomic E-state index is 0.106. The van der Waals surface area contributed by atoms with Crippen LogP contribution in [0.3, 0.4) is 0 Å². The number of thiocarbonyl (C=S) groups is 1. The van der Waals surface area contributed by atoms with Gasteiger partial charge in [-0.05, 0) is 74.1 Å². The van der Waals surface area contributed by atoms with E-state index in [1.54, 1.807) is 12.3 Å². The molecule has 0 spiro atoms. The van der Waals surface area contributed by atoms with E-state index in [0.717, 1.165) is 35.4 Å². The molecule has 3 aromatic rings.